The second-order valence-corrected chi connectivity index (χ2v) is 4.66. The lowest BCUT2D eigenvalue weighted by atomic mass is 10.1. The van der Waals surface area contributed by atoms with Gasteiger partial charge in [-0.1, -0.05) is 37.1 Å². The molecule has 1 fully saturated rings. The third kappa shape index (κ3) is 3.32. The Morgan fingerprint density at radius 1 is 0.875 bits per heavy atom. The molecule has 0 spiro atoms. The summed E-state index contributed by atoms with van der Waals surface area (Å²) in [5.74, 6) is 0. The Labute approximate surface area is 97.9 Å². The van der Waals surface area contributed by atoms with Crippen LogP contribution >= 0.6 is 0 Å². The molecule has 0 bridgehead atoms. The first kappa shape index (κ1) is 11.6. The van der Waals surface area contributed by atoms with E-state index in [0.717, 1.165) is 12.1 Å². The van der Waals surface area contributed by atoms with Gasteiger partial charge in [-0.05, 0) is 37.1 Å². The van der Waals surface area contributed by atoms with Crippen molar-refractivity contribution in [1.82, 2.24) is 4.90 Å². The van der Waals surface area contributed by atoms with Crippen LogP contribution < -0.4 is 0 Å². The Hall–Kier alpha value is -0.860. The highest BCUT2D eigenvalue weighted by Crippen LogP contribution is 2.13. The lowest BCUT2D eigenvalue weighted by Gasteiger charge is -2.19. The van der Waals surface area contributed by atoms with Crippen molar-refractivity contribution >= 4 is 0 Å². The predicted molar refractivity (Wildman–Crippen MR) is 66.1 cm³/mol. The Morgan fingerprint density at radius 3 is 2.00 bits per heavy atom. The van der Waals surface area contributed by atoms with Gasteiger partial charge in [-0.2, -0.15) is 0 Å². The number of aliphatic hydroxyl groups is 1. The fourth-order valence-corrected chi connectivity index (χ4v) is 2.30. The summed E-state index contributed by atoms with van der Waals surface area (Å²) in [6, 6.07) is 8.31. The maximum Gasteiger partial charge on any atom is 0.0681 e. The van der Waals surface area contributed by atoms with Crippen molar-refractivity contribution < 1.29 is 5.11 Å². The van der Waals surface area contributed by atoms with E-state index in [0.29, 0.717) is 0 Å². The van der Waals surface area contributed by atoms with E-state index < -0.39 is 0 Å². The number of hydrogen-bond acceptors (Lipinski definition) is 2. The minimum Gasteiger partial charge on any atom is -0.392 e. The van der Waals surface area contributed by atoms with E-state index in [2.05, 4.69) is 17.0 Å². The van der Waals surface area contributed by atoms with Gasteiger partial charge in [0.25, 0.3) is 0 Å². The molecule has 0 amide bonds. The molecule has 1 N–H and O–H groups in total. The quantitative estimate of drug-likeness (QED) is 0.844. The molecular weight excluding hydrogens is 198 g/mol. The zero-order valence-electron chi connectivity index (χ0n) is 9.86. The average molecular weight is 219 g/mol. The van der Waals surface area contributed by atoms with E-state index in [1.54, 1.807) is 0 Å². The van der Waals surface area contributed by atoms with Crippen LogP contribution in [-0.2, 0) is 13.2 Å². The Balaban J connectivity index is 1.91. The largest absolute Gasteiger partial charge is 0.392 e. The van der Waals surface area contributed by atoms with Gasteiger partial charge < -0.3 is 5.11 Å². The van der Waals surface area contributed by atoms with Crippen molar-refractivity contribution in [2.75, 3.05) is 13.1 Å². The molecule has 0 radical (unpaired) electrons. The van der Waals surface area contributed by atoms with Crippen LogP contribution in [0.3, 0.4) is 0 Å². The number of nitrogens with zero attached hydrogens (tertiary/aromatic N) is 1. The standard InChI is InChI=1S/C14H21NO/c16-12-14-7-5-13(6-8-14)11-15-9-3-1-2-4-10-15/h5-8,16H,1-4,9-12H2. The van der Waals surface area contributed by atoms with E-state index in [1.165, 1.54) is 44.3 Å². The fraction of sp³-hybridized carbons (Fsp3) is 0.571. The topological polar surface area (TPSA) is 23.5 Å². The van der Waals surface area contributed by atoms with Crippen LogP contribution in [-0.4, -0.2) is 23.1 Å². The zero-order chi connectivity index (χ0) is 11.2. The Kier molecular flexibility index (Phi) is 4.37. The first-order valence-corrected chi connectivity index (χ1v) is 6.29. The molecule has 0 atom stereocenters. The smallest absolute Gasteiger partial charge is 0.0681 e. The maximum absolute atomic E-state index is 8.98. The molecule has 88 valence electrons. The molecule has 2 heteroatoms. The van der Waals surface area contributed by atoms with E-state index >= 15 is 0 Å². The normalized spacial score (nSPS) is 18.3. The highest BCUT2D eigenvalue weighted by atomic mass is 16.3. The van der Waals surface area contributed by atoms with Crippen molar-refractivity contribution in [3.63, 3.8) is 0 Å². The minimum absolute atomic E-state index is 0.143. The molecule has 0 saturated carbocycles. The SMILES string of the molecule is OCc1ccc(CN2CCCCCC2)cc1. The zero-order valence-corrected chi connectivity index (χ0v) is 9.86. The summed E-state index contributed by atoms with van der Waals surface area (Å²) < 4.78 is 0. The van der Waals surface area contributed by atoms with Crippen LogP contribution in [0, 0.1) is 0 Å². The summed E-state index contributed by atoms with van der Waals surface area (Å²) in [6.07, 6.45) is 5.46. The number of hydrogen-bond donors (Lipinski definition) is 1. The Morgan fingerprint density at radius 2 is 1.44 bits per heavy atom. The summed E-state index contributed by atoms with van der Waals surface area (Å²) >= 11 is 0. The molecule has 2 rings (SSSR count). The van der Waals surface area contributed by atoms with E-state index in [9.17, 15) is 0 Å². The summed E-state index contributed by atoms with van der Waals surface area (Å²) in [5, 5.41) is 8.98. The molecule has 0 aromatic heterocycles. The number of benzene rings is 1. The molecule has 16 heavy (non-hydrogen) atoms. The lowest BCUT2D eigenvalue weighted by molar-refractivity contribution is 0.275. The summed E-state index contributed by atoms with van der Waals surface area (Å²) in [5.41, 5.74) is 2.36. The third-order valence-corrected chi connectivity index (χ3v) is 3.31. The summed E-state index contributed by atoms with van der Waals surface area (Å²) in [4.78, 5) is 2.54. The van der Waals surface area contributed by atoms with E-state index in [1.807, 2.05) is 12.1 Å². The molecule has 1 aromatic carbocycles. The molecule has 2 nitrogen and oxygen atoms in total. The Bertz CT molecular complexity index is 299. The van der Waals surface area contributed by atoms with Gasteiger partial charge >= 0.3 is 0 Å². The van der Waals surface area contributed by atoms with Gasteiger partial charge in [0.15, 0.2) is 0 Å². The van der Waals surface area contributed by atoms with Crippen molar-refractivity contribution in [2.24, 2.45) is 0 Å². The molecule has 1 aliphatic rings. The monoisotopic (exact) mass is 219 g/mol. The molecule has 0 unspecified atom stereocenters. The lowest BCUT2D eigenvalue weighted by Crippen LogP contribution is -2.23. The molecular formula is C14H21NO. The van der Waals surface area contributed by atoms with Crippen LogP contribution in [0.25, 0.3) is 0 Å². The first-order valence-electron chi connectivity index (χ1n) is 6.29. The molecule has 1 saturated heterocycles. The van der Waals surface area contributed by atoms with Gasteiger partial charge in [-0.25, -0.2) is 0 Å². The maximum atomic E-state index is 8.98. The second-order valence-electron chi connectivity index (χ2n) is 4.66. The highest BCUT2D eigenvalue weighted by molar-refractivity contribution is 5.21. The molecule has 0 aliphatic carbocycles. The molecule has 1 aromatic rings. The van der Waals surface area contributed by atoms with Crippen molar-refractivity contribution in [3.8, 4) is 0 Å². The molecule has 1 aliphatic heterocycles. The van der Waals surface area contributed by atoms with Crippen LogP contribution in [0.1, 0.15) is 36.8 Å². The molecule has 1 heterocycles. The van der Waals surface area contributed by atoms with Gasteiger partial charge in [0.05, 0.1) is 6.61 Å². The number of likely N-dealkylation sites (tertiary alicyclic amines) is 1. The number of aliphatic hydroxyl groups excluding tert-OH is 1. The number of rotatable bonds is 3. The summed E-state index contributed by atoms with van der Waals surface area (Å²) in [6.45, 7) is 3.68. The van der Waals surface area contributed by atoms with Crippen molar-refractivity contribution in [2.45, 2.75) is 38.8 Å². The van der Waals surface area contributed by atoms with Gasteiger partial charge in [-0.15, -0.1) is 0 Å². The van der Waals surface area contributed by atoms with Crippen LogP contribution in [0.2, 0.25) is 0 Å². The highest BCUT2D eigenvalue weighted by Gasteiger charge is 2.08. The second kappa shape index (κ2) is 6.02. The van der Waals surface area contributed by atoms with Crippen LogP contribution in [0.5, 0.6) is 0 Å². The fourth-order valence-electron chi connectivity index (χ4n) is 2.30. The minimum atomic E-state index is 0.143. The van der Waals surface area contributed by atoms with Gasteiger partial charge in [-0.3, -0.25) is 4.90 Å². The summed E-state index contributed by atoms with van der Waals surface area (Å²) in [7, 11) is 0. The van der Waals surface area contributed by atoms with E-state index in [4.69, 9.17) is 5.11 Å². The van der Waals surface area contributed by atoms with E-state index in [-0.39, 0.29) is 6.61 Å². The first-order chi connectivity index (χ1) is 7.88. The van der Waals surface area contributed by atoms with Crippen LogP contribution in [0.4, 0.5) is 0 Å². The van der Waals surface area contributed by atoms with Gasteiger partial charge in [0.1, 0.15) is 0 Å². The van der Waals surface area contributed by atoms with Crippen LogP contribution in [0.15, 0.2) is 24.3 Å². The van der Waals surface area contributed by atoms with Crippen molar-refractivity contribution in [1.29, 1.82) is 0 Å². The third-order valence-electron chi connectivity index (χ3n) is 3.31. The van der Waals surface area contributed by atoms with Gasteiger partial charge in [0.2, 0.25) is 0 Å². The van der Waals surface area contributed by atoms with Crippen molar-refractivity contribution in [3.05, 3.63) is 35.4 Å². The average Bonchev–Trinajstić information content (AvgIpc) is 2.59. The predicted octanol–water partition coefficient (Wildman–Crippen LogP) is 2.55. The van der Waals surface area contributed by atoms with Gasteiger partial charge in [0, 0.05) is 6.54 Å².